The average molecular weight is 460 g/mol. The minimum Gasteiger partial charge on any atom is -0.357 e. The second-order valence-electron chi connectivity index (χ2n) is 7.61. The quantitative estimate of drug-likeness (QED) is 0.579. The van der Waals surface area contributed by atoms with Crippen molar-refractivity contribution in [2.24, 2.45) is 0 Å². The molecule has 32 heavy (non-hydrogen) atoms. The highest BCUT2D eigenvalue weighted by atomic mass is 32.2. The molecule has 2 rings (SSSR count). The summed E-state index contributed by atoms with van der Waals surface area (Å²) in [7, 11) is -2.37. The van der Waals surface area contributed by atoms with Gasteiger partial charge in [0.1, 0.15) is 12.6 Å². The van der Waals surface area contributed by atoms with Gasteiger partial charge in [0.05, 0.1) is 11.9 Å². The van der Waals surface area contributed by atoms with Crippen molar-refractivity contribution in [1.29, 1.82) is 0 Å². The van der Waals surface area contributed by atoms with E-state index in [0.29, 0.717) is 5.56 Å². The van der Waals surface area contributed by atoms with Crippen molar-refractivity contribution in [1.82, 2.24) is 10.2 Å². The molecular weight excluding hydrogens is 430 g/mol. The van der Waals surface area contributed by atoms with Crippen molar-refractivity contribution in [2.75, 3.05) is 24.2 Å². The first-order valence-electron chi connectivity index (χ1n) is 10.1. The molecule has 1 unspecified atom stereocenters. The largest absolute Gasteiger partial charge is 0.357 e. The average Bonchev–Trinajstić information content (AvgIpc) is 2.74. The van der Waals surface area contributed by atoms with Gasteiger partial charge in [-0.05, 0) is 44.0 Å². The highest BCUT2D eigenvalue weighted by Crippen LogP contribution is 2.21. The summed E-state index contributed by atoms with van der Waals surface area (Å²) in [6.07, 6.45) is 0.995. The third-order valence-corrected chi connectivity index (χ3v) is 6.38. The van der Waals surface area contributed by atoms with Crippen LogP contribution >= 0.6 is 0 Å². The van der Waals surface area contributed by atoms with E-state index >= 15 is 0 Å². The molecule has 1 atom stereocenters. The highest BCUT2D eigenvalue weighted by molar-refractivity contribution is 7.92. The van der Waals surface area contributed by atoms with Gasteiger partial charge in [0.15, 0.2) is 5.78 Å². The van der Waals surface area contributed by atoms with E-state index in [-0.39, 0.29) is 23.9 Å². The van der Waals surface area contributed by atoms with E-state index in [4.69, 9.17) is 0 Å². The lowest BCUT2D eigenvalue weighted by atomic mass is 10.1. The molecule has 0 spiro atoms. The molecule has 0 saturated carbocycles. The monoisotopic (exact) mass is 459 g/mol. The zero-order valence-corrected chi connectivity index (χ0v) is 19.8. The molecule has 2 amide bonds. The fourth-order valence-corrected chi connectivity index (χ4v) is 4.10. The van der Waals surface area contributed by atoms with Crippen LogP contribution < -0.4 is 9.62 Å². The Kier molecular flexibility index (Phi) is 8.15. The smallest absolute Gasteiger partial charge is 0.244 e. The van der Waals surface area contributed by atoms with E-state index in [1.807, 2.05) is 31.2 Å². The third kappa shape index (κ3) is 6.16. The van der Waals surface area contributed by atoms with Crippen LogP contribution in [0.5, 0.6) is 0 Å². The summed E-state index contributed by atoms with van der Waals surface area (Å²) in [6, 6.07) is 12.7. The number of sulfonamides is 1. The summed E-state index contributed by atoms with van der Waals surface area (Å²) < 4.78 is 26.0. The van der Waals surface area contributed by atoms with Crippen molar-refractivity contribution in [3.8, 4) is 0 Å². The van der Waals surface area contributed by atoms with Gasteiger partial charge in [-0.1, -0.05) is 36.4 Å². The summed E-state index contributed by atoms with van der Waals surface area (Å²) in [5.41, 5.74) is 2.33. The molecule has 0 aliphatic rings. The summed E-state index contributed by atoms with van der Waals surface area (Å²) in [5, 5.41) is 2.53. The molecule has 2 aromatic carbocycles. The molecule has 0 aliphatic heterocycles. The third-order valence-electron chi connectivity index (χ3n) is 5.24. The maximum Gasteiger partial charge on any atom is 0.244 e. The number of hydrogen-bond donors (Lipinski definition) is 1. The molecule has 0 fully saturated rings. The van der Waals surface area contributed by atoms with E-state index < -0.39 is 28.5 Å². The molecule has 9 heteroatoms. The van der Waals surface area contributed by atoms with Crippen LogP contribution in [0.15, 0.2) is 48.5 Å². The van der Waals surface area contributed by atoms with Gasteiger partial charge in [0.2, 0.25) is 21.8 Å². The number of ketones is 1. The maximum atomic E-state index is 13.3. The number of nitrogens with one attached hydrogen (secondary N) is 1. The Bertz CT molecular complexity index is 1110. The van der Waals surface area contributed by atoms with Crippen LogP contribution in [-0.4, -0.2) is 56.8 Å². The number of carbonyl (C=O) groups is 3. The predicted octanol–water partition coefficient (Wildman–Crippen LogP) is 2.13. The van der Waals surface area contributed by atoms with Crippen LogP contribution in [0, 0.1) is 6.92 Å². The first-order chi connectivity index (χ1) is 15.0. The standard InChI is InChI=1S/C23H29N3O5S/c1-16-9-6-7-10-20(16)14-25(17(2)23(29)24-4)22(28)15-26(32(5,30)31)21-12-8-11-19(13-21)18(3)27/h6-13,17H,14-15H2,1-5H3,(H,24,29). The van der Waals surface area contributed by atoms with Gasteiger partial charge >= 0.3 is 0 Å². The molecule has 172 valence electrons. The van der Waals surface area contributed by atoms with E-state index in [1.165, 1.54) is 31.0 Å². The van der Waals surface area contributed by atoms with E-state index in [1.54, 1.807) is 19.1 Å². The van der Waals surface area contributed by atoms with Gasteiger partial charge in [0, 0.05) is 19.2 Å². The summed E-state index contributed by atoms with van der Waals surface area (Å²) in [5.74, 6) is -1.12. The number of benzene rings is 2. The summed E-state index contributed by atoms with van der Waals surface area (Å²) in [4.78, 5) is 38.8. The number of anilines is 1. The molecule has 0 aromatic heterocycles. The van der Waals surface area contributed by atoms with Gasteiger partial charge in [-0.15, -0.1) is 0 Å². The van der Waals surface area contributed by atoms with Gasteiger partial charge in [-0.3, -0.25) is 18.7 Å². The van der Waals surface area contributed by atoms with E-state index in [0.717, 1.165) is 21.7 Å². The Morgan fingerprint density at radius 1 is 1.06 bits per heavy atom. The number of likely N-dealkylation sites (N-methyl/N-ethyl adjacent to an activating group) is 1. The van der Waals surface area contributed by atoms with Gasteiger partial charge in [0.25, 0.3) is 0 Å². The zero-order valence-electron chi connectivity index (χ0n) is 19.0. The van der Waals surface area contributed by atoms with Crippen LogP contribution in [0.4, 0.5) is 5.69 Å². The number of aryl methyl sites for hydroxylation is 1. The van der Waals surface area contributed by atoms with Gasteiger partial charge in [-0.25, -0.2) is 8.42 Å². The zero-order chi connectivity index (χ0) is 24.1. The van der Waals surface area contributed by atoms with Crippen molar-refractivity contribution >= 4 is 33.3 Å². The molecule has 1 N–H and O–H groups in total. The fourth-order valence-electron chi connectivity index (χ4n) is 3.26. The minimum absolute atomic E-state index is 0.144. The van der Waals surface area contributed by atoms with E-state index in [2.05, 4.69) is 5.32 Å². The first-order valence-corrected chi connectivity index (χ1v) is 11.9. The van der Waals surface area contributed by atoms with Crippen LogP contribution in [-0.2, 0) is 26.2 Å². The lowest BCUT2D eigenvalue weighted by molar-refractivity contribution is -0.139. The van der Waals surface area contributed by atoms with Crippen molar-refractivity contribution in [3.63, 3.8) is 0 Å². The van der Waals surface area contributed by atoms with E-state index in [9.17, 15) is 22.8 Å². The number of nitrogens with zero attached hydrogens (tertiary/aromatic N) is 2. The molecular formula is C23H29N3O5S. The number of Topliss-reactive ketones (excluding diaryl/α,β-unsaturated/α-hetero) is 1. The van der Waals surface area contributed by atoms with Crippen LogP contribution in [0.25, 0.3) is 0 Å². The Hall–Kier alpha value is -3.20. The highest BCUT2D eigenvalue weighted by Gasteiger charge is 2.30. The Morgan fingerprint density at radius 3 is 2.28 bits per heavy atom. The first kappa shape index (κ1) is 25.1. The van der Waals surface area contributed by atoms with Crippen LogP contribution in [0.1, 0.15) is 35.3 Å². The number of carbonyl (C=O) groups excluding carboxylic acids is 3. The normalized spacial score (nSPS) is 12.0. The summed E-state index contributed by atoms with van der Waals surface area (Å²) >= 11 is 0. The molecule has 0 radical (unpaired) electrons. The second-order valence-corrected chi connectivity index (χ2v) is 9.52. The molecule has 0 bridgehead atoms. The number of rotatable bonds is 9. The fraction of sp³-hybridized carbons (Fsp3) is 0.348. The minimum atomic E-state index is -3.85. The lowest BCUT2D eigenvalue weighted by Crippen LogP contribution is -2.50. The number of amides is 2. The Balaban J connectivity index is 2.43. The molecule has 0 heterocycles. The topological polar surface area (TPSA) is 104 Å². The summed E-state index contributed by atoms with van der Waals surface area (Å²) in [6.45, 7) is 4.51. The lowest BCUT2D eigenvalue weighted by Gasteiger charge is -2.31. The molecule has 0 aliphatic carbocycles. The molecule has 8 nitrogen and oxygen atoms in total. The molecule has 2 aromatic rings. The van der Waals surface area contributed by atoms with Crippen LogP contribution in [0.2, 0.25) is 0 Å². The maximum absolute atomic E-state index is 13.3. The van der Waals surface area contributed by atoms with Crippen molar-refractivity contribution < 1.29 is 22.8 Å². The second kappa shape index (κ2) is 10.4. The molecule has 0 saturated heterocycles. The Labute approximate surface area is 189 Å². The van der Waals surface area contributed by atoms with Gasteiger partial charge < -0.3 is 10.2 Å². The SMILES string of the molecule is CNC(=O)C(C)N(Cc1ccccc1C)C(=O)CN(c1cccc(C(C)=O)c1)S(C)(=O)=O. The predicted molar refractivity (Wildman–Crippen MR) is 124 cm³/mol. The van der Waals surface area contributed by atoms with Crippen molar-refractivity contribution in [3.05, 3.63) is 65.2 Å². The van der Waals surface area contributed by atoms with Gasteiger partial charge in [-0.2, -0.15) is 0 Å². The van der Waals surface area contributed by atoms with Crippen LogP contribution in [0.3, 0.4) is 0 Å². The Morgan fingerprint density at radius 2 is 1.72 bits per heavy atom. The van der Waals surface area contributed by atoms with Crippen molar-refractivity contribution in [2.45, 2.75) is 33.4 Å². The number of hydrogen-bond acceptors (Lipinski definition) is 5.